The molecular weight excluding hydrogens is 391 g/mol. The van der Waals surface area contributed by atoms with Crippen molar-refractivity contribution in [2.45, 2.75) is 5.38 Å². The van der Waals surface area contributed by atoms with Gasteiger partial charge in [-0.1, -0.05) is 69.2 Å². The molecule has 2 aromatic carbocycles. The van der Waals surface area contributed by atoms with Crippen LogP contribution in [0.3, 0.4) is 0 Å². The van der Waals surface area contributed by atoms with E-state index in [4.69, 9.17) is 23.2 Å². The highest BCUT2D eigenvalue weighted by atomic mass is 79.9. The van der Waals surface area contributed by atoms with Gasteiger partial charge in [-0.25, -0.2) is 0 Å². The second-order valence-electron chi connectivity index (χ2n) is 4.34. The van der Waals surface area contributed by atoms with Gasteiger partial charge in [0.25, 0.3) is 0 Å². The molecule has 0 radical (unpaired) electrons. The van der Waals surface area contributed by atoms with Gasteiger partial charge in [-0.3, -0.25) is 0 Å². The third-order valence-electron chi connectivity index (χ3n) is 2.91. The van der Waals surface area contributed by atoms with Crippen molar-refractivity contribution in [1.29, 1.82) is 0 Å². The van der Waals surface area contributed by atoms with Gasteiger partial charge in [0.05, 0.1) is 0 Å². The Bertz CT molecular complexity index is 761. The predicted molar refractivity (Wildman–Crippen MR) is 92.2 cm³/mol. The first-order valence-electron chi connectivity index (χ1n) is 6.13. The van der Waals surface area contributed by atoms with Crippen LogP contribution in [0.5, 0.6) is 0 Å². The zero-order valence-corrected chi connectivity index (χ0v) is 14.5. The predicted octanol–water partition coefficient (Wildman–Crippen LogP) is 5.95. The van der Waals surface area contributed by atoms with Crippen molar-refractivity contribution in [2.75, 3.05) is 0 Å². The number of nitrogens with zero attached hydrogens (tertiary/aromatic N) is 2. The number of halogens is 3. The number of rotatable bonds is 3. The maximum absolute atomic E-state index is 6.47. The van der Waals surface area contributed by atoms with Gasteiger partial charge in [0.2, 0.25) is 0 Å². The molecule has 3 aromatic rings. The summed E-state index contributed by atoms with van der Waals surface area (Å²) in [5.74, 6) is 0. The molecule has 0 saturated carbocycles. The molecule has 0 saturated heterocycles. The van der Waals surface area contributed by atoms with E-state index >= 15 is 0 Å². The summed E-state index contributed by atoms with van der Waals surface area (Å²) in [6, 6.07) is 15.4. The minimum absolute atomic E-state index is 0.296. The van der Waals surface area contributed by atoms with Crippen molar-refractivity contribution in [3.05, 3.63) is 68.6 Å². The summed E-state index contributed by atoms with van der Waals surface area (Å²) in [6.45, 7) is 0. The molecule has 106 valence electrons. The van der Waals surface area contributed by atoms with Gasteiger partial charge in [-0.05, 0) is 23.8 Å². The summed E-state index contributed by atoms with van der Waals surface area (Å²) in [7, 11) is 0. The average Bonchev–Trinajstić information content (AvgIpc) is 2.99. The maximum atomic E-state index is 6.47. The summed E-state index contributed by atoms with van der Waals surface area (Å²) in [5.41, 5.74) is 1.93. The van der Waals surface area contributed by atoms with Crippen molar-refractivity contribution in [2.24, 2.45) is 0 Å². The summed E-state index contributed by atoms with van der Waals surface area (Å²) in [6.07, 6.45) is 0. The van der Waals surface area contributed by atoms with E-state index in [0.717, 1.165) is 25.6 Å². The Morgan fingerprint density at radius 2 is 1.81 bits per heavy atom. The van der Waals surface area contributed by atoms with E-state index in [1.54, 1.807) is 0 Å². The van der Waals surface area contributed by atoms with E-state index in [-0.39, 0.29) is 5.38 Å². The van der Waals surface area contributed by atoms with E-state index in [1.165, 1.54) is 11.3 Å². The molecule has 1 aromatic heterocycles. The number of aromatic nitrogens is 2. The van der Waals surface area contributed by atoms with Crippen molar-refractivity contribution in [3.8, 4) is 10.6 Å². The molecule has 1 unspecified atom stereocenters. The lowest BCUT2D eigenvalue weighted by Crippen LogP contribution is -1.91. The summed E-state index contributed by atoms with van der Waals surface area (Å²) in [5, 5.41) is 10.4. The van der Waals surface area contributed by atoms with Crippen LogP contribution >= 0.6 is 50.5 Å². The monoisotopic (exact) mass is 398 g/mol. The lowest BCUT2D eigenvalue weighted by Gasteiger charge is -2.04. The van der Waals surface area contributed by atoms with Crippen LogP contribution in [-0.4, -0.2) is 10.2 Å². The molecule has 21 heavy (non-hydrogen) atoms. The molecule has 0 aliphatic rings. The lowest BCUT2D eigenvalue weighted by atomic mass is 10.1. The molecule has 6 heteroatoms. The molecule has 0 aliphatic carbocycles. The Morgan fingerprint density at radius 1 is 1.05 bits per heavy atom. The Balaban J connectivity index is 1.95. The second-order valence-corrected chi connectivity index (χ2v) is 7.08. The minimum atomic E-state index is -0.296. The van der Waals surface area contributed by atoms with E-state index in [1.807, 2.05) is 48.5 Å². The smallest absolute Gasteiger partial charge is 0.141 e. The molecule has 0 aliphatic heterocycles. The normalized spacial score (nSPS) is 12.3. The molecule has 3 rings (SSSR count). The van der Waals surface area contributed by atoms with Crippen LogP contribution < -0.4 is 0 Å². The molecule has 0 N–H and O–H groups in total. The quantitative estimate of drug-likeness (QED) is 0.508. The first-order valence-corrected chi connectivity index (χ1v) is 8.55. The average molecular weight is 400 g/mol. The number of alkyl halides is 1. The number of benzene rings is 2. The third kappa shape index (κ3) is 3.29. The van der Waals surface area contributed by atoms with Crippen molar-refractivity contribution in [1.82, 2.24) is 10.2 Å². The topological polar surface area (TPSA) is 25.8 Å². The standard InChI is InChI=1S/C15H9BrCl2N2S/c16-12-7-6-10(17)8-11(12)14-19-20-15(21-14)13(18)9-4-2-1-3-5-9/h1-8,13H. The van der Waals surface area contributed by atoms with Gasteiger partial charge >= 0.3 is 0 Å². The largest absolute Gasteiger partial charge is 0.149 e. The van der Waals surface area contributed by atoms with Crippen LogP contribution in [0.2, 0.25) is 5.02 Å². The van der Waals surface area contributed by atoms with Crippen molar-refractivity contribution < 1.29 is 0 Å². The molecule has 0 amide bonds. The van der Waals surface area contributed by atoms with Crippen LogP contribution in [0, 0.1) is 0 Å². The molecule has 0 spiro atoms. The summed E-state index contributed by atoms with van der Waals surface area (Å²) >= 11 is 17.5. The maximum Gasteiger partial charge on any atom is 0.149 e. The highest BCUT2D eigenvalue weighted by Crippen LogP contribution is 2.37. The Labute approximate surface area is 144 Å². The van der Waals surface area contributed by atoms with Gasteiger partial charge < -0.3 is 0 Å². The van der Waals surface area contributed by atoms with Gasteiger partial charge in [0.1, 0.15) is 15.4 Å². The van der Waals surface area contributed by atoms with Gasteiger partial charge in [0, 0.05) is 15.1 Å². The number of hydrogen-bond acceptors (Lipinski definition) is 3. The molecule has 2 nitrogen and oxygen atoms in total. The van der Waals surface area contributed by atoms with Crippen molar-refractivity contribution >= 4 is 50.5 Å². The van der Waals surface area contributed by atoms with Crippen molar-refractivity contribution in [3.63, 3.8) is 0 Å². The minimum Gasteiger partial charge on any atom is -0.141 e. The zero-order chi connectivity index (χ0) is 14.8. The van der Waals surface area contributed by atoms with Gasteiger partial charge in [-0.2, -0.15) is 0 Å². The van der Waals surface area contributed by atoms with Gasteiger partial charge in [0.15, 0.2) is 0 Å². The Morgan fingerprint density at radius 3 is 2.57 bits per heavy atom. The second kappa shape index (κ2) is 6.44. The summed E-state index contributed by atoms with van der Waals surface area (Å²) < 4.78 is 0.931. The first-order chi connectivity index (χ1) is 10.1. The van der Waals surface area contributed by atoms with E-state index in [0.29, 0.717) is 5.02 Å². The summed E-state index contributed by atoms with van der Waals surface area (Å²) in [4.78, 5) is 0. The van der Waals surface area contributed by atoms with Crippen LogP contribution in [0.15, 0.2) is 53.0 Å². The van der Waals surface area contributed by atoms with Gasteiger partial charge in [-0.15, -0.1) is 21.8 Å². The lowest BCUT2D eigenvalue weighted by molar-refractivity contribution is 0.988. The highest BCUT2D eigenvalue weighted by Gasteiger charge is 2.17. The van der Waals surface area contributed by atoms with Crippen LogP contribution in [-0.2, 0) is 0 Å². The Kier molecular flexibility index (Phi) is 4.60. The highest BCUT2D eigenvalue weighted by molar-refractivity contribution is 9.10. The molecular formula is C15H9BrCl2N2S. The fourth-order valence-electron chi connectivity index (χ4n) is 1.87. The van der Waals surface area contributed by atoms with E-state index in [2.05, 4.69) is 26.1 Å². The fraction of sp³-hybridized carbons (Fsp3) is 0.0667. The SMILES string of the molecule is Clc1ccc(Br)c(-c2nnc(C(Cl)c3ccccc3)s2)c1. The first kappa shape index (κ1) is 15.0. The third-order valence-corrected chi connectivity index (χ3v) is 5.44. The van der Waals surface area contributed by atoms with E-state index in [9.17, 15) is 0 Å². The molecule has 1 atom stereocenters. The van der Waals surface area contributed by atoms with E-state index < -0.39 is 0 Å². The number of hydrogen-bond donors (Lipinski definition) is 0. The molecule has 0 fully saturated rings. The van der Waals surface area contributed by atoms with Crippen LogP contribution in [0.1, 0.15) is 15.9 Å². The van der Waals surface area contributed by atoms with Crippen LogP contribution in [0.4, 0.5) is 0 Å². The fourth-order valence-corrected chi connectivity index (χ4v) is 3.81. The molecule has 1 heterocycles. The zero-order valence-electron chi connectivity index (χ0n) is 10.6. The molecule has 0 bridgehead atoms. The van der Waals surface area contributed by atoms with Crippen LogP contribution in [0.25, 0.3) is 10.6 Å². The Hall–Kier alpha value is -0.940.